The first-order valence-corrected chi connectivity index (χ1v) is 9.09. The number of halogens is 1. The van der Waals surface area contributed by atoms with Gasteiger partial charge in [0, 0.05) is 25.2 Å². The highest BCUT2D eigenvalue weighted by atomic mass is 127. The van der Waals surface area contributed by atoms with Gasteiger partial charge in [0.2, 0.25) is 5.91 Å². The predicted molar refractivity (Wildman–Crippen MR) is 112 cm³/mol. The topological polar surface area (TPSA) is 70.7 Å². The van der Waals surface area contributed by atoms with E-state index in [2.05, 4.69) is 17.1 Å². The zero-order valence-corrected chi connectivity index (χ0v) is 17.2. The molecule has 3 rings (SSSR count). The summed E-state index contributed by atoms with van der Waals surface area (Å²) in [5, 5.41) is 3.43. The molecule has 2 atom stereocenters. The minimum atomic E-state index is -0.392. The molecule has 2 fully saturated rings. The molecule has 138 valence electrons. The van der Waals surface area contributed by atoms with Gasteiger partial charge in [-0.25, -0.2) is 4.99 Å². The second-order valence-corrected chi connectivity index (χ2v) is 6.94. The molecule has 1 saturated carbocycles. The number of nitrogens with two attached hydrogens (primary N) is 1. The molecule has 6 heteroatoms. The molecular weight excluding hydrogens is 427 g/mol. The Hall–Kier alpha value is -1.31. The molecule has 1 aromatic carbocycles. The lowest BCUT2D eigenvalue weighted by molar-refractivity contribution is 0.1000. The SMILES string of the molecule is CCNC(=NCc1cccc(C(N)=O)c1)N1CC2CCCCC2C1.I. The van der Waals surface area contributed by atoms with Crippen molar-refractivity contribution in [3.63, 3.8) is 0 Å². The average Bonchev–Trinajstić information content (AvgIpc) is 3.02. The number of nitrogens with zero attached hydrogens (tertiary/aromatic N) is 2. The number of carbonyl (C=O) groups is 1. The van der Waals surface area contributed by atoms with Crippen molar-refractivity contribution >= 4 is 35.8 Å². The Labute approximate surface area is 167 Å². The van der Waals surface area contributed by atoms with Crippen LogP contribution in [0.15, 0.2) is 29.3 Å². The van der Waals surface area contributed by atoms with Crippen LogP contribution in [-0.2, 0) is 6.54 Å². The van der Waals surface area contributed by atoms with E-state index < -0.39 is 5.91 Å². The van der Waals surface area contributed by atoms with Crippen molar-refractivity contribution in [2.24, 2.45) is 22.6 Å². The highest BCUT2D eigenvalue weighted by Gasteiger charge is 2.35. The van der Waals surface area contributed by atoms with Crippen LogP contribution in [0.2, 0.25) is 0 Å². The van der Waals surface area contributed by atoms with Crippen molar-refractivity contribution in [3.05, 3.63) is 35.4 Å². The summed E-state index contributed by atoms with van der Waals surface area (Å²) in [6.45, 7) is 5.78. The summed E-state index contributed by atoms with van der Waals surface area (Å²) in [5.74, 6) is 2.27. The Bertz CT molecular complexity index is 605. The van der Waals surface area contributed by atoms with Crippen molar-refractivity contribution in [2.45, 2.75) is 39.2 Å². The Balaban J connectivity index is 0.00000225. The molecule has 1 aromatic rings. The number of carbonyl (C=O) groups excluding carboxylic acids is 1. The van der Waals surface area contributed by atoms with Crippen molar-refractivity contribution in [1.29, 1.82) is 0 Å². The molecule has 25 heavy (non-hydrogen) atoms. The lowest BCUT2D eigenvalue weighted by atomic mass is 9.82. The number of hydrogen-bond donors (Lipinski definition) is 2. The van der Waals surface area contributed by atoms with E-state index in [1.54, 1.807) is 6.07 Å². The molecule has 5 nitrogen and oxygen atoms in total. The van der Waals surface area contributed by atoms with E-state index in [9.17, 15) is 4.79 Å². The number of fused-ring (bicyclic) bond motifs is 1. The van der Waals surface area contributed by atoms with Gasteiger partial charge >= 0.3 is 0 Å². The molecule has 1 aliphatic heterocycles. The molecule has 2 unspecified atom stereocenters. The fraction of sp³-hybridized carbons (Fsp3) is 0.579. The zero-order chi connectivity index (χ0) is 16.9. The van der Waals surface area contributed by atoms with Gasteiger partial charge in [-0.3, -0.25) is 4.79 Å². The smallest absolute Gasteiger partial charge is 0.248 e. The number of guanidine groups is 1. The largest absolute Gasteiger partial charge is 0.366 e. The van der Waals surface area contributed by atoms with E-state index in [4.69, 9.17) is 10.7 Å². The Morgan fingerprint density at radius 2 is 1.96 bits per heavy atom. The van der Waals surface area contributed by atoms with Gasteiger partial charge in [-0.05, 0) is 49.3 Å². The van der Waals surface area contributed by atoms with Crippen LogP contribution in [0.5, 0.6) is 0 Å². The zero-order valence-electron chi connectivity index (χ0n) is 14.9. The van der Waals surface area contributed by atoms with Crippen molar-refractivity contribution < 1.29 is 4.79 Å². The number of aliphatic imine (C=N–C) groups is 1. The van der Waals surface area contributed by atoms with E-state index in [0.717, 1.165) is 43.0 Å². The minimum Gasteiger partial charge on any atom is -0.366 e. The third-order valence-corrected chi connectivity index (χ3v) is 5.23. The van der Waals surface area contributed by atoms with Gasteiger partial charge in [-0.1, -0.05) is 25.0 Å². The molecule has 1 aliphatic carbocycles. The third kappa shape index (κ3) is 5.09. The molecule has 1 heterocycles. The molecule has 1 amide bonds. The first kappa shape index (κ1) is 20.0. The van der Waals surface area contributed by atoms with Crippen LogP contribution in [0, 0.1) is 11.8 Å². The maximum Gasteiger partial charge on any atom is 0.248 e. The number of nitrogens with one attached hydrogen (secondary N) is 1. The van der Waals surface area contributed by atoms with Gasteiger partial charge in [-0.15, -0.1) is 24.0 Å². The standard InChI is InChI=1S/C19H28N4O.HI/c1-2-21-19(23-12-16-7-3-4-8-17(16)13-23)22-11-14-6-5-9-15(10-14)18(20)24;/h5-6,9-10,16-17H,2-4,7-8,11-13H2,1H3,(H2,20,24)(H,21,22);1H. The summed E-state index contributed by atoms with van der Waals surface area (Å²) in [6, 6.07) is 7.43. The highest BCUT2D eigenvalue weighted by Crippen LogP contribution is 2.35. The summed E-state index contributed by atoms with van der Waals surface area (Å²) in [5.41, 5.74) is 6.91. The van der Waals surface area contributed by atoms with Gasteiger partial charge < -0.3 is 16.0 Å². The molecule has 0 aromatic heterocycles. The maximum absolute atomic E-state index is 11.3. The molecule has 0 radical (unpaired) electrons. The summed E-state index contributed by atoms with van der Waals surface area (Å²) < 4.78 is 0. The summed E-state index contributed by atoms with van der Waals surface area (Å²) >= 11 is 0. The fourth-order valence-electron chi connectivity index (χ4n) is 3.99. The van der Waals surface area contributed by atoms with Crippen LogP contribution in [0.1, 0.15) is 48.5 Å². The Morgan fingerprint density at radius 3 is 2.56 bits per heavy atom. The number of benzene rings is 1. The number of likely N-dealkylation sites (tertiary alicyclic amines) is 1. The maximum atomic E-state index is 11.3. The summed E-state index contributed by atoms with van der Waals surface area (Å²) in [6.07, 6.45) is 5.48. The van der Waals surface area contributed by atoms with Gasteiger partial charge in [0.05, 0.1) is 6.54 Å². The van der Waals surface area contributed by atoms with Gasteiger partial charge in [0.15, 0.2) is 5.96 Å². The molecule has 0 spiro atoms. The predicted octanol–water partition coefficient (Wildman–Crippen LogP) is 2.99. The van der Waals surface area contributed by atoms with E-state index in [1.807, 2.05) is 18.2 Å². The van der Waals surface area contributed by atoms with Crippen LogP contribution < -0.4 is 11.1 Å². The lowest BCUT2D eigenvalue weighted by Crippen LogP contribution is -2.40. The molecule has 0 bridgehead atoms. The molecule has 1 saturated heterocycles. The van der Waals surface area contributed by atoms with Crippen LogP contribution in [0.25, 0.3) is 0 Å². The fourth-order valence-corrected chi connectivity index (χ4v) is 3.99. The van der Waals surface area contributed by atoms with Crippen molar-refractivity contribution in [3.8, 4) is 0 Å². The first-order valence-electron chi connectivity index (χ1n) is 9.09. The number of primary amides is 1. The third-order valence-electron chi connectivity index (χ3n) is 5.23. The Kier molecular flexibility index (Phi) is 7.53. The van der Waals surface area contributed by atoms with Crippen LogP contribution in [0.4, 0.5) is 0 Å². The molecule has 2 aliphatic rings. The van der Waals surface area contributed by atoms with Gasteiger partial charge in [-0.2, -0.15) is 0 Å². The van der Waals surface area contributed by atoms with E-state index >= 15 is 0 Å². The first-order chi connectivity index (χ1) is 11.7. The molecule has 3 N–H and O–H groups in total. The minimum absolute atomic E-state index is 0. The number of hydrogen-bond acceptors (Lipinski definition) is 2. The summed E-state index contributed by atoms with van der Waals surface area (Å²) in [4.78, 5) is 18.5. The Morgan fingerprint density at radius 1 is 1.28 bits per heavy atom. The lowest BCUT2D eigenvalue weighted by Gasteiger charge is -2.22. The second kappa shape index (κ2) is 9.40. The number of amides is 1. The quantitative estimate of drug-likeness (QED) is 0.416. The normalized spacial score (nSPS) is 22.9. The molecular formula is C19H29IN4O. The highest BCUT2D eigenvalue weighted by molar-refractivity contribution is 14.0. The van der Waals surface area contributed by atoms with Gasteiger partial charge in [0.1, 0.15) is 0 Å². The van der Waals surface area contributed by atoms with E-state index in [0.29, 0.717) is 12.1 Å². The van der Waals surface area contributed by atoms with Crippen LogP contribution in [0.3, 0.4) is 0 Å². The monoisotopic (exact) mass is 456 g/mol. The average molecular weight is 456 g/mol. The summed E-state index contributed by atoms with van der Waals surface area (Å²) in [7, 11) is 0. The van der Waals surface area contributed by atoms with Crippen LogP contribution in [-0.4, -0.2) is 36.4 Å². The van der Waals surface area contributed by atoms with Crippen molar-refractivity contribution in [1.82, 2.24) is 10.2 Å². The van der Waals surface area contributed by atoms with Crippen molar-refractivity contribution in [2.75, 3.05) is 19.6 Å². The van der Waals surface area contributed by atoms with E-state index in [-0.39, 0.29) is 24.0 Å². The number of rotatable bonds is 4. The van der Waals surface area contributed by atoms with E-state index in [1.165, 1.54) is 25.7 Å². The second-order valence-electron chi connectivity index (χ2n) is 6.94. The van der Waals surface area contributed by atoms with Crippen LogP contribution >= 0.6 is 24.0 Å². The van der Waals surface area contributed by atoms with Gasteiger partial charge in [0.25, 0.3) is 0 Å².